The minimum atomic E-state index is -1.20. The molecular weight excluding hydrogens is 332 g/mol. The predicted octanol–water partition coefficient (Wildman–Crippen LogP) is 2.12. The molecule has 0 bridgehead atoms. The Kier molecular flexibility index (Phi) is 4.46. The van der Waals surface area contributed by atoms with Gasteiger partial charge in [0, 0.05) is 5.69 Å². The van der Waals surface area contributed by atoms with Gasteiger partial charge in [-0.15, -0.1) is 5.10 Å². The molecule has 2 N–H and O–H groups in total. The van der Waals surface area contributed by atoms with Crippen molar-refractivity contribution in [3.05, 3.63) is 66.5 Å². The number of para-hydroxylation sites is 1. The summed E-state index contributed by atoms with van der Waals surface area (Å²) in [5.41, 5.74) is 0.233. The maximum absolute atomic E-state index is 13.5. The van der Waals surface area contributed by atoms with Crippen molar-refractivity contribution in [1.82, 2.24) is 15.0 Å². The van der Waals surface area contributed by atoms with Crippen molar-refractivity contribution >= 4 is 23.2 Å². The standard InChI is InChI=1S/C16H11F2N5O2/c17-12-5-2-6-13(18)14(12)21-16(25)15(24)20-10-3-1-4-11(9-10)23-8-7-19-22-23/h1-9H,(H,20,24)(H,21,25). The van der Waals surface area contributed by atoms with E-state index in [0.717, 1.165) is 18.2 Å². The van der Waals surface area contributed by atoms with Crippen LogP contribution in [0.3, 0.4) is 0 Å². The third-order valence-electron chi connectivity index (χ3n) is 3.20. The van der Waals surface area contributed by atoms with Crippen LogP contribution in [-0.4, -0.2) is 26.8 Å². The van der Waals surface area contributed by atoms with E-state index >= 15 is 0 Å². The van der Waals surface area contributed by atoms with E-state index in [2.05, 4.69) is 15.6 Å². The fraction of sp³-hybridized carbons (Fsp3) is 0. The Morgan fingerprint density at radius 3 is 2.32 bits per heavy atom. The summed E-state index contributed by atoms with van der Waals surface area (Å²) in [5, 5.41) is 11.7. The van der Waals surface area contributed by atoms with Crippen LogP contribution in [0.4, 0.5) is 20.2 Å². The lowest BCUT2D eigenvalue weighted by atomic mass is 10.2. The van der Waals surface area contributed by atoms with Gasteiger partial charge in [-0.2, -0.15) is 0 Å². The minimum absolute atomic E-state index is 0.308. The second-order valence-corrected chi connectivity index (χ2v) is 4.90. The number of carbonyl (C=O) groups is 2. The number of aromatic nitrogens is 3. The molecule has 0 radical (unpaired) electrons. The van der Waals surface area contributed by atoms with Gasteiger partial charge < -0.3 is 10.6 Å². The highest BCUT2D eigenvalue weighted by atomic mass is 19.1. The van der Waals surface area contributed by atoms with Crippen LogP contribution in [0.15, 0.2) is 54.9 Å². The fourth-order valence-corrected chi connectivity index (χ4v) is 2.05. The number of nitrogens with zero attached hydrogens (tertiary/aromatic N) is 3. The molecule has 0 atom stereocenters. The first-order valence-corrected chi connectivity index (χ1v) is 7.07. The number of hydrogen-bond acceptors (Lipinski definition) is 4. The van der Waals surface area contributed by atoms with Crippen LogP contribution >= 0.6 is 0 Å². The summed E-state index contributed by atoms with van der Waals surface area (Å²) in [6.07, 6.45) is 3.09. The lowest BCUT2D eigenvalue weighted by Gasteiger charge is -2.09. The molecule has 25 heavy (non-hydrogen) atoms. The summed E-state index contributed by atoms with van der Waals surface area (Å²) in [6.45, 7) is 0. The van der Waals surface area contributed by atoms with Crippen molar-refractivity contribution < 1.29 is 18.4 Å². The molecule has 3 rings (SSSR count). The lowest BCUT2D eigenvalue weighted by molar-refractivity contribution is -0.133. The molecule has 0 saturated carbocycles. The summed E-state index contributed by atoms with van der Waals surface area (Å²) in [4.78, 5) is 23.8. The van der Waals surface area contributed by atoms with E-state index in [4.69, 9.17) is 0 Å². The van der Waals surface area contributed by atoms with Gasteiger partial charge in [-0.1, -0.05) is 17.3 Å². The first kappa shape index (κ1) is 16.2. The summed E-state index contributed by atoms with van der Waals surface area (Å²) in [5.74, 6) is -4.22. The van der Waals surface area contributed by atoms with E-state index < -0.39 is 29.1 Å². The minimum Gasteiger partial charge on any atom is -0.318 e. The molecule has 2 amide bonds. The van der Waals surface area contributed by atoms with Crippen molar-refractivity contribution in [3.8, 4) is 5.69 Å². The maximum Gasteiger partial charge on any atom is 0.314 e. The molecule has 2 aromatic carbocycles. The molecule has 9 heteroatoms. The van der Waals surface area contributed by atoms with Gasteiger partial charge in [-0.3, -0.25) is 9.59 Å². The highest BCUT2D eigenvalue weighted by molar-refractivity contribution is 6.43. The average Bonchev–Trinajstić information content (AvgIpc) is 3.13. The molecule has 0 unspecified atom stereocenters. The number of hydrogen-bond donors (Lipinski definition) is 2. The molecule has 0 aliphatic rings. The van der Waals surface area contributed by atoms with Crippen molar-refractivity contribution in [3.63, 3.8) is 0 Å². The van der Waals surface area contributed by atoms with Gasteiger partial charge in [0.1, 0.15) is 17.3 Å². The van der Waals surface area contributed by atoms with E-state index in [1.54, 1.807) is 30.5 Å². The predicted molar refractivity (Wildman–Crippen MR) is 85.0 cm³/mol. The van der Waals surface area contributed by atoms with Crippen LogP contribution < -0.4 is 10.6 Å². The van der Waals surface area contributed by atoms with Gasteiger partial charge in [-0.25, -0.2) is 13.5 Å². The van der Waals surface area contributed by atoms with Gasteiger partial charge in [0.05, 0.1) is 18.1 Å². The second-order valence-electron chi connectivity index (χ2n) is 4.90. The third-order valence-corrected chi connectivity index (χ3v) is 3.20. The summed E-state index contributed by atoms with van der Waals surface area (Å²) < 4.78 is 28.5. The number of nitrogens with one attached hydrogen (secondary N) is 2. The zero-order valence-electron chi connectivity index (χ0n) is 12.6. The average molecular weight is 343 g/mol. The maximum atomic E-state index is 13.5. The van der Waals surface area contributed by atoms with E-state index in [0.29, 0.717) is 11.4 Å². The molecule has 0 spiro atoms. The molecular formula is C16H11F2N5O2. The van der Waals surface area contributed by atoms with Gasteiger partial charge in [0.2, 0.25) is 0 Å². The van der Waals surface area contributed by atoms with Crippen LogP contribution in [0.25, 0.3) is 5.69 Å². The number of benzene rings is 2. The first-order chi connectivity index (χ1) is 12.0. The molecule has 1 aromatic heterocycles. The van der Waals surface area contributed by atoms with Crippen molar-refractivity contribution in [2.75, 3.05) is 10.6 Å². The van der Waals surface area contributed by atoms with Crippen molar-refractivity contribution in [2.24, 2.45) is 0 Å². The van der Waals surface area contributed by atoms with Crippen LogP contribution in [0.1, 0.15) is 0 Å². The Hall–Kier alpha value is -3.62. The molecule has 0 aliphatic heterocycles. The van der Waals surface area contributed by atoms with Crippen LogP contribution in [-0.2, 0) is 9.59 Å². The monoisotopic (exact) mass is 343 g/mol. The molecule has 0 aliphatic carbocycles. The summed E-state index contributed by atoms with van der Waals surface area (Å²) in [6, 6.07) is 9.56. The molecule has 0 saturated heterocycles. The molecule has 0 fully saturated rings. The zero-order chi connectivity index (χ0) is 17.8. The number of anilines is 2. The highest BCUT2D eigenvalue weighted by Crippen LogP contribution is 2.18. The zero-order valence-corrected chi connectivity index (χ0v) is 12.6. The number of amides is 2. The van der Waals surface area contributed by atoms with Crippen molar-refractivity contribution in [1.29, 1.82) is 0 Å². The van der Waals surface area contributed by atoms with E-state index in [1.165, 1.54) is 10.9 Å². The Labute approximate surface area is 140 Å². The van der Waals surface area contributed by atoms with E-state index in [1.807, 2.05) is 5.32 Å². The van der Waals surface area contributed by atoms with E-state index in [9.17, 15) is 18.4 Å². The van der Waals surface area contributed by atoms with Crippen LogP contribution in [0.5, 0.6) is 0 Å². The third kappa shape index (κ3) is 3.66. The molecule has 1 heterocycles. The fourth-order valence-electron chi connectivity index (χ4n) is 2.05. The lowest BCUT2D eigenvalue weighted by Crippen LogP contribution is -2.29. The van der Waals surface area contributed by atoms with Gasteiger partial charge in [-0.05, 0) is 30.3 Å². The number of rotatable bonds is 3. The number of halogens is 2. The van der Waals surface area contributed by atoms with E-state index in [-0.39, 0.29) is 0 Å². The Morgan fingerprint density at radius 1 is 0.960 bits per heavy atom. The quantitative estimate of drug-likeness (QED) is 0.713. The van der Waals surface area contributed by atoms with Gasteiger partial charge >= 0.3 is 11.8 Å². The van der Waals surface area contributed by atoms with Crippen LogP contribution in [0, 0.1) is 11.6 Å². The second kappa shape index (κ2) is 6.87. The van der Waals surface area contributed by atoms with Crippen molar-refractivity contribution in [2.45, 2.75) is 0 Å². The summed E-state index contributed by atoms with van der Waals surface area (Å²) in [7, 11) is 0. The van der Waals surface area contributed by atoms with Gasteiger partial charge in [0.15, 0.2) is 0 Å². The largest absolute Gasteiger partial charge is 0.318 e. The topological polar surface area (TPSA) is 88.9 Å². The molecule has 3 aromatic rings. The molecule has 126 valence electrons. The van der Waals surface area contributed by atoms with Crippen LogP contribution in [0.2, 0.25) is 0 Å². The Morgan fingerprint density at radius 2 is 1.64 bits per heavy atom. The Balaban J connectivity index is 1.72. The van der Waals surface area contributed by atoms with Gasteiger partial charge in [0.25, 0.3) is 0 Å². The first-order valence-electron chi connectivity index (χ1n) is 7.07. The Bertz CT molecular complexity index is 908. The number of carbonyl (C=O) groups excluding carboxylic acids is 2. The summed E-state index contributed by atoms with van der Waals surface area (Å²) >= 11 is 0. The molecule has 7 nitrogen and oxygen atoms in total. The SMILES string of the molecule is O=C(Nc1cccc(-n2ccnn2)c1)C(=O)Nc1c(F)cccc1F. The normalized spacial score (nSPS) is 10.3. The smallest absolute Gasteiger partial charge is 0.314 e. The highest BCUT2D eigenvalue weighted by Gasteiger charge is 2.18.